The summed E-state index contributed by atoms with van der Waals surface area (Å²) in [5.41, 5.74) is 0.302. The second-order valence-electron chi connectivity index (χ2n) is 4.13. The van der Waals surface area contributed by atoms with Gasteiger partial charge in [0, 0.05) is 23.0 Å². The summed E-state index contributed by atoms with van der Waals surface area (Å²) in [7, 11) is 0. The zero-order chi connectivity index (χ0) is 14.1. The third-order valence-corrected chi connectivity index (χ3v) is 4.42. The number of carbonyl (C=O) groups is 1. The minimum atomic E-state index is -0.520. The van der Waals surface area contributed by atoms with Gasteiger partial charge in [-0.15, -0.1) is 11.8 Å². The lowest BCUT2D eigenvalue weighted by Crippen LogP contribution is -2.29. The van der Waals surface area contributed by atoms with Crippen LogP contribution in [-0.2, 0) is 4.79 Å². The summed E-state index contributed by atoms with van der Waals surface area (Å²) in [6.07, 6.45) is 4.49. The molecule has 7 heteroatoms. The van der Waals surface area contributed by atoms with Crippen molar-refractivity contribution in [3.05, 3.63) is 53.2 Å². The van der Waals surface area contributed by atoms with Gasteiger partial charge in [-0.3, -0.25) is 14.7 Å². The monoisotopic (exact) mass is 309 g/mol. The normalized spacial score (nSPS) is 18.6. The maximum absolute atomic E-state index is 14.0. The number of carbonyl (C=O) groups excluding carboxylic acids is 1. The molecule has 1 aromatic heterocycles. The number of nitrogens with zero attached hydrogens (tertiary/aromatic N) is 3. The summed E-state index contributed by atoms with van der Waals surface area (Å²) in [6, 6.07) is 4.48. The molecule has 4 nitrogen and oxygen atoms in total. The van der Waals surface area contributed by atoms with Crippen LogP contribution in [0.15, 0.2) is 36.8 Å². The van der Waals surface area contributed by atoms with Gasteiger partial charge >= 0.3 is 0 Å². The molecule has 102 valence electrons. The van der Waals surface area contributed by atoms with Gasteiger partial charge in [-0.25, -0.2) is 9.37 Å². The summed E-state index contributed by atoms with van der Waals surface area (Å²) in [5, 5.41) is -0.223. The van der Waals surface area contributed by atoms with Crippen molar-refractivity contribution in [2.45, 2.75) is 5.37 Å². The highest BCUT2D eigenvalue weighted by Gasteiger charge is 2.37. The topological polar surface area (TPSA) is 46.1 Å². The van der Waals surface area contributed by atoms with Crippen LogP contribution < -0.4 is 4.90 Å². The van der Waals surface area contributed by atoms with E-state index in [4.69, 9.17) is 11.6 Å². The Balaban J connectivity index is 2.07. The Kier molecular flexibility index (Phi) is 3.58. The van der Waals surface area contributed by atoms with Crippen LogP contribution in [0.3, 0.4) is 0 Å². The molecule has 0 bridgehead atoms. The van der Waals surface area contributed by atoms with E-state index in [2.05, 4.69) is 9.97 Å². The molecule has 1 unspecified atom stereocenters. The molecule has 0 N–H and O–H groups in total. The van der Waals surface area contributed by atoms with Crippen molar-refractivity contribution in [1.29, 1.82) is 0 Å². The molecule has 1 fully saturated rings. The first-order valence-corrected chi connectivity index (χ1v) is 7.25. The van der Waals surface area contributed by atoms with Crippen LogP contribution in [0.1, 0.15) is 10.9 Å². The van der Waals surface area contributed by atoms with Crippen LogP contribution in [0.2, 0.25) is 5.02 Å². The molecule has 0 spiro atoms. The maximum Gasteiger partial charge on any atom is 0.239 e. The molecule has 0 aliphatic carbocycles. The van der Waals surface area contributed by atoms with Crippen LogP contribution in [0.25, 0.3) is 0 Å². The third kappa shape index (κ3) is 2.25. The molecule has 1 aliphatic rings. The molecule has 1 aliphatic heterocycles. The van der Waals surface area contributed by atoms with E-state index in [0.717, 1.165) is 0 Å². The number of anilines is 1. The van der Waals surface area contributed by atoms with Crippen molar-refractivity contribution in [3.63, 3.8) is 0 Å². The second-order valence-corrected chi connectivity index (χ2v) is 5.60. The molecule has 1 atom stereocenters. The number of amides is 1. The lowest BCUT2D eigenvalue weighted by molar-refractivity contribution is -0.115. The summed E-state index contributed by atoms with van der Waals surface area (Å²) in [4.78, 5) is 21.5. The van der Waals surface area contributed by atoms with Gasteiger partial charge in [0.1, 0.15) is 11.2 Å². The number of halogens is 2. The lowest BCUT2D eigenvalue weighted by Gasteiger charge is -2.23. The molecule has 0 radical (unpaired) electrons. The van der Waals surface area contributed by atoms with Crippen molar-refractivity contribution >= 4 is 35.1 Å². The first kappa shape index (κ1) is 13.3. The highest BCUT2D eigenvalue weighted by atomic mass is 35.5. The van der Waals surface area contributed by atoms with Gasteiger partial charge in [0.05, 0.1) is 11.9 Å². The van der Waals surface area contributed by atoms with Crippen molar-refractivity contribution in [1.82, 2.24) is 9.97 Å². The van der Waals surface area contributed by atoms with Gasteiger partial charge in [0.15, 0.2) is 5.82 Å². The fraction of sp³-hybridized carbons (Fsp3) is 0.154. The molecule has 2 aromatic rings. The highest BCUT2D eigenvalue weighted by Crippen LogP contribution is 2.44. The largest absolute Gasteiger partial charge is 0.278 e. The minimum Gasteiger partial charge on any atom is -0.278 e. The van der Waals surface area contributed by atoms with E-state index in [0.29, 0.717) is 16.4 Å². The van der Waals surface area contributed by atoms with Crippen molar-refractivity contribution < 1.29 is 9.18 Å². The van der Waals surface area contributed by atoms with E-state index < -0.39 is 11.2 Å². The van der Waals surface area contributed by atoms with Crippen LogP contribution in [0.5, 0.6) is 0 Å². The van der Waals surface area contributed by atoms with E-state index in [9.17, 15) is 9.18 Å². The van der Waals surface area contributed by atoms with Gasteiger partial charge in [-0.05, 0) is 12.1 Å². The van der Waals surface area contributed by atoms with Crippen LogP contribution in [0.4, 0.5) is 10.2 Å². The van der Waals surface area contributed by atoms with Gasteiger partial charge in [-0.2, -0.15) is 0 Å². The Bertz CT molecular complexity index is 635. The van der Waals surface area contributed by atoms with E-state index >= 15 is 0 Å². The average Bonchev–Trinajstić information content (AvgIpc) is 2.81. The average molecular weight is 310 g/mol. The summed E-state index contributed by atoms with van der Waals surface area (Å²) < 4.78 is 14.0. The van der Waals surface area contributed by atoms with Crippen molar-refractivity contribution in [3.8, 4) is 0 Å². The molecule has 20 heavy (non-hydrogen) atoms. The molecule has 1 amide bonds. The van der Waals surface area contributed by atoms with Gasteiger partial charge < -0.3 is 0 Å². The number of hydrogen-bond acceptors (Lipinski definition) is 4. The fourth-order valence-electron chi connectivity index (χ4n) is 2.05. The quantitative estimate of drug-likeness (QED) is 0.855. The summed E-state index contributed by atoms with van der Waals surface area (Å²) in [5.74, 6) is 0.0801. The number of benzene rings is 1. The maximum atomic E-state index is 14.0. The number of hydrogen-bond donors (Lipinski definition) is 0. The smallest absolute Gasteiger partial charge is 0.239 e. The number of thioether (sulfide) groups is 1. The minimum absolute atomic E-state index is 0.139. The van der Waals surface area contributed by atoms with E-state index in [1.165, 1.54) is 47.4 Å². The molecule has 2 heterocycles. The van der Waals surface area contributed by atoms with Crippen LogP contribution in [0, 0.1) is 5.82 Å². The Morgan fingerprint density at radius 3 is 2.95 bits per heavy atom. The van der Waals surface area contributed by atoms with Gasteiger partial charge in [0.25, 0.3) is 0 Å². The van der Waals surface area contributed by atoms with Gasteiger partial charge in [-0.1, -0.05) is 17.7 Å². The SMILES string of the molecule is O=C1CSC(c2c(F)cccc2Cl)N1c1cnccn1. The van der Waals surface area contributed by atoms with E-state index in [1.807, 2.05) is 0 Å². The molecular formula is C13H9ClFN3OS. The third-order valence-electron chi connectivity index (χ3n) is 2.91. The first-order chi connectivity index (χ1) is 9.68. The highest BCUT2D eigenvalue weighted by molar-refractivity contribution is 8.00. The Morgan fingerprint density at radius 2 is 2.25 bits per heavy atom. The Labute approximate surface area is 124 Å². The predicted molar refractivity (Wildman–Crippen MR) is 76.1 cm³/mol. The number of rotatable bonds is 2. The van der Waals surface area contributed by atoms with Crippen molar-refractivity contribution in [2.75, 3.05) is 10.7 Å². The van der Waals surface area contributed by atoms with Crippen molar-refractivity contribution in [2.24, 2.45) is 0 Å². The predicted octanol–water partition coefficient (Wildman–Crippen LogP) is 3.05. The van der Waals surface area contributed by atoms with Gasteiger partial charge in [0.2, 0.25) is 5.91 Å². The molecule has 3 rings (SSSR count). The Morgan fingerprint density at radius 1 is 1.40 bits per heavy atom. The number of aromatic nitrogens is 2. The summed E-state index contributed by atoms with van der Waals surface area (Å²) in [6.45, 7) is 0. The standard InChI is InChI=1S/C13H9ClFN3OS/c14-8-2-1-3-9(15)12(8)13-18(11(19)7-20-13)10-6-16-4-5-17-10/h1-6,13H,7H2. The zero-order valence-electron chi connectivity index (χ0n) is 10.2. The van der Waals surface area contributed by atoms with E-state index in [1.54, 1.807) is 6.07 Å². The van der Waals surface area contributed by atoms with Crippen LogP contribution >= 0.6 is 23.4 Å². The second kappa shape index (κ2) is 5.38. The molecule has 0 saturated carbocycles. The fourth-order valence-corrected chi connectivity index (χ4v) is 3.60. The van der Waals surface area contributed by atoms with E-state index in [-0.39, 0.29) is 11.7 Å². The zero-order valence-corrected chi connectivity index (χ0v) is 11.7. The molecular weight excluding hydrogens is 301 g/mol. The molecule has 1 saturated heterocycles. The van der Waals surface area contributed by atoms with Crippen LogP contribution in [-0.4, -0.2) is 21.6 Å². The lowest BCUT2D eigenvalue weighted by atomic mass is 10.2. The Hall–Kier alpha value is -1.66. The molecule has 1 aromatic carbocycles. The summed E-state index contributed by atoms with van der Waals surface area (Å²) >= 11 is 7.40. The first-order valence-electron chi connectivity index (χ1n) is 5.82.